The summed E-state index contributed by atoms with van der Waals surface area (Å²) in [5.41, 5.74) is 3.61. The molecule has 1 unspecified atom stereocenters. The molecule has 2 aliphatic rings. The van der Waals surface area contributed by atoms with E-state index >= 15 is 0 Å². The summed E-state index contributed by atoms with van der Waals surface area (Å²) in [5.74, 6) is 3.23. The quantitative estimate of drug-likeness (QED) is 0.0529. The Labute approximate surface area is 409 Å². The van der Waals surface area contributed by atoms with Gasteiger partial charge in [-0.15, -0.1) is 0 Å². The third-order valence-corrected chi connectivity index (χ3v) is 12.2. The van der Waals surface area contributed by atoms with Gasteiger partial charge in [0.2, 0.25) is 11.8 Å². The zero-order chi connectivity index (χ0) is 50.5. The third-order valence-electron chi connectivity index (χ3n) is 12.2. The second-order valence-electron chi connectivity index (χ2n) is 20.1. The fourth-order valence-corrected chi connectivity index (χ4v) is 8.23. The number of benzene rings is 2. The second-order valence-corrected chi connectivity index (χ2v) is 20.1. The van der Waals surface area contributed by atoms with Crippen molar-refractivity contribution in [3.8, 4) is 45.5 Å². The zero-order valence-electron chi connectivity index (χ0n) is 43.2. The minimum absolute atomic E-state index is 0.0155. The lowest BCUT2D eigenvalue weighted by Crippen LogP contribution is -2.40. The number of nitrogens with one attached hydrogen (secondary N) is 4. The predicted octanol–water partition coefficient (Wildman–Crippen LogP) is 8.63. The monoisotopic (exact) mass is 955 g/mol. The minimum atomic E-state index is -0.292. The molecule has 6 rings (SSSR count). The highest BCUT2D eigenvalue weighted by atomic mass is 16.5. The summed E-state index contributed by atoms with van der Waals surface area (Å²) in [7, 11) is 6.44. The number of nitrogens with zero attached hydrogens (tertiary/aromatic N) is 4. The van der Waals surface area contributed by atoms with Crippen molar-refractivity contribution in [2.75, 3.05) is 28.4 Å². The smallest absolute Gasteiger partial charge is 0.272 e. The van der Waals surface area contributed by atoms with Crippen molar-refractivity contribution in [2.24, 2.45) is 23.7 Å². The number of carbonyl (C=O) groups is 4. The van der Waals surface area contributed by atoms with Gasteiger partial charge in [-0.1, -0.05) is 67.5 Å². The first kappa shape index (κ1) is 53.9. The van der Waals surface area contributed by atoms with Gasteiger partial charge in [-0.05, 0) is 106 Å². The lowest BCUT2D eigenvalue weighted by molar-refractivity contribution is -0.122. The highest BCUT2D eigenvalue weighted by molar-refractivity contribution is 5.95. The summed E-state index contributed by atoms with van der Waals surface area (Å²) in [6.07, 6.45) is 6.09. The number of carbonyl (C=O) groups excluding carboxylic acids is 4. The van der Waals surface area contributed by atoms with E-state index in [0.717, 1.165) is 48.2 Å². The van der Waals surface area contributed by atoms with Crippen molar-refractivity contribution in [1.29, 1.82) is 0 Å². The lowest BCUT2D eigenvalue weighted by Gasteiger charge is -2.21. The Morgan fingerprint density at radius 1 is 0.580 bits per heavy atom. The van der Waals surface area contributed by atoms with E-state index in [1.165, 1.54) is 0 Å². The summed E-state index contributed by atoms with van der Waals surface area (Å²) in [6.45, 7) is 19.5. The molecule has 2 fully saturated rings. The molecule has 4 amide bonds. The van der Waals surface area contributed by atoms with E-state index < -0.39 is 0 Å². The molecule has 2 aromatic carbocycles. The Morgan fingerprint density at radius 3 is 1.33 bits per heavy atom. The average Bonchev–Trinajstić information content (AvgIpc) is 4.21. The van der Waals surface area contributed by atoms with Gasteiger partial charge in [0.1, 0.15) is 23.0 Å². The molecule has 0 aliphatic heterocycles. The van der Waals surface area contributed by atoms with Gasteiger partial charge in [0, 0.05) is 43.6 Å². The van der Waals surface area contributed by atoms with Crippen LogP contribution < -0.4 is 40.2 Å². The van der Waals surface area contributed by atoms with Crippen molar-refractivity contribution in [3.63, 3.8) is 0 Å². The first-order valence-electron chi connectivity index (χ1n) is 24.7. The van der Waals surface area contributed by atoms with Crippen molar-refractivity contribution in [1.82, 2.24) is 40.8 Å². The van der Waals surface area contributed by atoms with Crippen LogP contribution in [0.3, 0.4) is 0 Å². The number of amides is 4. The van der Waals surface area contributed by atoms with Crippen molar-refractivity contribution >= 4 is 23.6 Å². The van der Waals surface area contributed by atoms with Gasteiger partial charge in [0.15, 0.2) is 11.4 Å². The van der Waals surface area contributed by atoms with E-state index in [-0.39, 0.29) is 60.5 Å². The molecule has 0 bridgehead atoms. The van der Waals surface area contributed by atoms with Gasteiger partial charge in [-0.3, -0.25) is 28.5 Å². The standard InChI is InChI=1S/C27H40N4O4.C26H38N4O4/c1-16(2)13-20(14-25(32)28-19-11-12-19)29-27(33)21-15-22(31(30-21)18(5)17(3)4)26-23(34-6)9-8-10-24(26)35-7;1-16(2)12-19(13-24(31)27-18-10-11-18)28-26(32)20-14-21(30(29-20)15-17(3)4)25-22(33-5)8-7-9-23(25)34-6/h8-10,15-20H,11-14H2,1-7H3,(H,28,32)(H,29,33);7-9,14,16-19H,10-13,15H2,1-6H3,(H,27,31)(H,28,32)/t18?,20-;19-/m00/s1. The number of methoxy groups -OCH3 is 4. The molecule has 3 atom stereocenters. The Kier molecular flexibility index (Phi) is 19.5. The van der Waals surface area contributed by atoms with E-state index in [9.17, 15) is 19.2 Å². The van der Waals surface area contributed by atoms with Gasteiger partial charge in [0.25, 0.3) is 11.8 Å². The van der Waals surface area contributed by atoms with Crippen LogP contribution in [0.15, 0.2) is 48.5 Å². The normalized spacial score (nSPS) is 14.7. The minimum Gasteiger partial charge on any atom is -0.496 e. The maximum Gasteiger partial charge on any atom is 0.272 e. The van der Waals surface area contributed by atoms with Gasteiger partial charge in [-0.2, -0.15) is 10.2 Å². The molecule has 378 valence electrons. The molecule has 0 radical (unpaired) electrons. The molecule has 2 aliphatic carbocycles. The molecule has 0 saturated heterocycles. The first-order chi connectivity index (χ1) is 32.8. The Bertz CT molecular complexity index is 2300. The topological polar surface area (TPSA) is 189 Å². The molecule has 0 spiro atoms. The van der Waals surface area contributed by atoms with Crippen LogP contribution in [-0.4, -0.2) is 95.8 Å². The Morgan fingerprint density at radius 2 is 0.971 bits per heavy atom. The van der Waals surface area contributed by atoms with E-state index in [2.05, 4.69) is 88.7 Å². The molecule has 16 nitrogen and oxygen atoms in total. The first-order valence-corrected chi connectivity index (χ1v) is 24.7. The number of hydrogen-bond acceptors (Lipinski definition) is 10. The molecule has 16 heteroatoms. The van der Waals surface area contributed by atoms with Crippen molar-refractivity contribution in [2.45, 2.75) is 150 Å². The summed E-state index contributed by atoms with van der Waals surface area (Å²) >= 11 is 0. The van der Waals surface area contributed by atoms with Gasteiger partial charge >= 0.3 is 0 Å². The number of rotatable bonds is 24. The molecule has 4 N–H and O–H groups in total. The molecule has 2 saturated carbocycles. The summed E-state index contributed by atoms with van der Waals surface area (Å²) in [4.78, 5) is 51.5. The van der Waals surface area contributed by atoms with Crippen LogP contribution >= 0.6 is 0 Å². The van der Waals surface area contributed by atoms with E-state index in [1.807, 2.05) is 45.8 Å². The maximum absolute atomic E-state index is 13.4. The summed E-state index contributed by atoms with van der Waals surface area (Å²) in [5, 5.41) is 21.5. The van der Waals surface area contributed by atoms with E-state index in [1.54, 1.807) is 40.6 Å². The number of hydrogen-bond donors (Lipinski definition) is 4. The van der Waals surface area contributed by atoms with E-state index in [0.29, 0.717) is 83.6 Å². The Balaban J connectivity index is 0.000000258. The van der Waals surface area contributed by atoms with Crippen LogP contribution in [-0.2, 0) is 16.1 Å². The van der Waals surface area contributed by atoms with Gasteiger partial charge < -0.3 is 40.2 Å². The fraction of sp³-hybridized carbons (Fsp3) is 0.585. The SMILES string of the molecule is COc1cccc(OC)c1-c1cc(C(=O)N[C@H](CC(=O)NC2CC2)CC(C)C)nn1C(C)C(C)C.COc1cccc(OC)c1-c1cc(C(=O)N[C@H](CC(=O)NC2CC2)CC(C)C)nn1CC(C)C. The lowest BCUT2D eigenvalue weighted by atomic mass is 10.0. The maximum atomic E-state index is 13.4. The molecule has 2 heterocycles. The zero-order valence-corrected chi connectivity index (χ0v) is 43.2. The van der Waals surface area contributed by atoms with Crippen LogP contribution in [0.1, 0.15) is 141 Å². The van der Waals surface area contributed by atoms with Gasteiger partial charge in [0.05, 0.1) is 57.0 Å². The van der Waals surface area contributed by atoms with Gasteiger partial charge in [-0.25, -0.2) is 0 Å². The molecule has 69 heavy (non-hydrogen) atoms. The van der Waals surface area contributed by atoms with Crippen LogP contribution in [0.2, 0.25) is 0 Å². The molecule has 2 aromatic heterocycles. The predicted molar refractivity (Wildman–Crippen MR) is 269 cm³/mol. The van der Waals surface area contributed by atoms with Crippen LogP contribution in [0.4, 0.5) is 0 Å². The van der Waals surface area contributed by atoms with Crippen molar-refractivity contribution < 1.29 is 38.1 Å². The van der Waals surface area contributed by atoms with E-state index in [4.69, 9.17) is 24.0 Å². The molecular formula is C53H78N8O8. The summed E-state index contributed by atoms with van der Waals surface area (Å²) < 4.78 is 26.2. The Hall–Kier alpha value is -6.06. The van der Waals surface area contributed by atoms with Crippen LogP contribution in [0, 0.1) is 23.7 Å². The average molecular weight is 955 g/mol. The van der Waals surface area contributed by atoms with Crippen LogP contribution in [0.5, 0.6) is 23.0 Å². The number of aromatic nitrogens is 4. The molecule has 4 aromatic rings. The van der Waals surface area contributed by atoms with Crippen LogP contribution in [0.25, 0.3) is 22.5 Å². The molecular weight excluding hydrogens is 877 g/mol. The van der Waals surface area contributed by atoms with Crippen molar-refractivity contribution in [3.05, 3.63) is 59.9 Å². The second kappa shape index (κ2) is 25.0. The number of ether oxygens (including phenoxy) is 4. The largest absolute Gasteiger partial charge is 0.496 e. The third kappa shape index (κ3) is 15.5. The highest BCUT2D eigenvalue weighted by Gasteiger charge is 2.30. The highest BCUT2D eigenvalue weighted by Crippen LogP contribution is 2.41. The fourth-order valence-electron chi connectivity index (χ4n) is 8.23. The summed E-state index contributed by atoms with van der Waals surface area (Å²) in [6, 6.07) is 14.8.